The van der Waals surface area contributed by atoms with Gasteiger partial charge >= 0.3 is 0 Å². The number of amides is 2. The number of hydrogen-bond donors (Lipinski definition) is 17. The zero-order valence-corrected chi connectivity index (χ0v) is 29.2. The summed E-state index contributed by atoms with van der Waals surface area (Å²) in [5, 5.41) is 151. The van der Waals surface area contributed by atoms with Crippen molar-refractivity contribution in [2.75, 3.05) is 32.9 Å². The molecule has 0 spiro atoms. The molecular weight excluding hydrogens is 724 g/mol. The first kappa shape index (κ1) is 47.3. The molecule has 2 aliphatic heterocycles. The second-order valence-electron chi connectivity index (χ2n) is 12.3. The number of nitrogens with one attached hydrogen (secondary N) is 2. The maximum absolute atomic E-state index is 12.3. The van der Waals surface area contributed by atoms with Crippen molar-refractivity contribution in [2.45, 2.75) is 144 Å². The Balaban J connectivity index is 0.000000540. The van der Waals surface area contributed by atoms with Gasteiger partial charge in [0.05, 0.1) is 25.9 Å². The molecule has 0 radical (unpaired) electrons. The van der Waals surface area contributed by atoms with Crippen LogP contribution in [0, 0.1) is 0 Å². The summed E-state index contributed by atoms with van der Waals surface area (Å²) >= 11 is 0. The van der Waals surface area contributed by atoms with E-state index in [1.54, 1.807) is 6.92 Å². The van der Waals surface area contributed by atoms with Crippen LogP contribution in [0.2, 0.25) is 0 Å². The SMILES string of the molecule is CCCNC(=O)[C@@H](O)[C@@H](O[C@H]1O[C@H](CO)[C@@H](O)[C@H](O)[C@@H]1O)[C@H](O)[C@H](O)CO.[2H]CCNC(=O)[C@@H](O[C@H]1O[C@H](CO)[C@@H](O)[C@H](O)[C@@H]1O)[C@@H](O)[C@H](O)[C@H](O)CC. The fourth-order valence-corrected chi connectivity index (χ4v) is 5.00. The number of ether oxygens (including phenoxy) is 4. The second-order valence-corrected chi connectivity index (χ2v) is 12.3. The monoisotopic (exact) mass is 783 g/mol. The van der Waals surface area contributed by atoms with Crippen LogP contribution in [-0.4, -0.2) is 232 Å². The number of hydrogen-bond acceptors (Lipinski definition) is 21. The Morgan fingerprint density at radius 3 is 1.62 bits per heavy atom. The summed E-state index contributed by atoms with van der Waals surface area (Å²) in [5.41, 5.74) is 0. The molecule has 2 aliphatic rings. The third kappa shape index (κ3) is 13.4. The quantitative estimate of drug-likeness (QED) is 0.0578. The van der Waals surface area contributed by atoms with Gasteiger partial charge in [-0.1, -0.05) is 13.8 Å². The number of aliphatic hydroxyl groups is 15. The Morgan fingerprint density at radius 1 is 0.679 bits per heavy atom. The molecule has 17 N–H and O–H groups in total. The average Bonchev–Trinajstić information content (AvgIpc) is 3.18. The Hall–Kier alpha value is -1.82. The van der Waals surface area contributed by atoms with Crippen LogP contribution in [0.3, 0.4) is 0 Å². The molecule has 23 nitrogen and oxygen atoms in total. The minimum absolute atomic E-state index is 0.0688. The molecule has 0 aliphatic carbocycles. The molecule has 2 heterocycles. The lowest BCUT2D eigenvalue weighted by molar-refractivity contribution is -0.325. The summed E-state index contributed by atoms with van der Waals surface area (Å²) in [6.45, 7) is 0.867. The maximum Gasteiger partial charge on any atom is 0.252 e. The lowest BCUT2D eigenvalue weighted by atomic mass is 9.98. The van der Waals surface area contributed by atoms with Crippen molar-refractivity contribution in [3.05, 3.63) is 0 Å². The van der Waals surface area contributed by atoms with Gasteiger partial charge in [0.2, 0.25) is 0 Å². The normalized spacial score (nSPS) is 33.8. The van der Waals surface area contributed by atoms with E-state index < -0.39 is 142 Å². The molecule has 2 saturated heterocycles. The molecule has 2 fully saturated rings. The molecule has 53 heavy (non-hydrogen) atoms. The van der Waals surface area contributed by atoms with Gasteiger partial charge in [0.1, 0.15) is 79.4 Å². The first-order chi connectivity index (χ1) is 25.4. The molecule has 0 unspecified atom stereocenters. The lowest BCUT2D eigenvalue weighted by Crippen LogP contribution is -2.62. The average molecular weight is 784 g/mol. The van der Waals surface area contributed by atoms with Gasteiger partial charge in [0, 0.05) is 14.5 Å². The van der Waals surface area contributed by atoms with Crippen LogP contribution < -0.4 is 10.6 Å². The highest BCUT2D eigenvalue weighted by Gasteiger charge is 2.49. The topological polar surface area (TPSA) is 399 Å². The minimum Gasteiger partial charge on any atom is -0.394 e. The Morgan fingerprint density at radius 2 is 1.19 bits per heavy atom. The van der Waals surface area contributed by atoms with E-state index in [0.717, 1.165) is 0 Å². The van der Waals surface area contributed by atoms with Gasteiger partial charge < -0.3 is 106 Å². The molecule has 23 heteroatoms. The highest BCUT2D eigenvalue weighted by Crippen LogP contribution is 2.26. The van der Waals surface area contributed by atoms with Crippen LogP contribution in [0.15, 0.2) is 0 Å². The number of aliphatic hydroxyl groups excluding tert-OH is 15. The first-order valence-corrected chi connectivity index (χ1v) is 16.8. The van der Waals surface area contributed by atoms with E-state index in [4.69, 9.17) is 25.4 Å². The molecular formula is C30H58N2O21. The van der Waals surface area contributed by atoms with Crippen LogP contribution in [0.25, 0.3) is 0 Å². The minimum atomic E-state index is -2.03. The van der Waals surface area contributed by atoms with Crippen LogP contribution in [0.5, 0.6) is 0 Å². The van der Waals surface area contributed by atoms with Crippen molar-refractivity contribution in [3.63, 3.8) is 0 Å². The van der Waals surface area contributed by atoms with Gasteiger partial charge in [-0.3, -0.25) is 9.59 Å². The summed E-state index contributed by atoms with van der Waals surface area (Å²) < 4.78 is 27.7. The Kier molecular flexibility index (Phi) is 21.4. The molecule has 314 valence electrons. The van der Waals surface area contributed by atoms with E-state index in [1.165, 1.54) is 6.92 Å². The van der Waals surface area contributed by atoms with Gasteiger partial charge in [-0.15, -0.1) is 0 Å². The van der Waals surface area contributed by atoms with Gasteiger partial charge in [-0.05, 0) is 19.7 Å². The maximum atomic E-state index is 12.3. The highest BCUT2D eigenvalue weighted by atomic mass is 16.7. The van der Waals surface area contributed by atoms with Gasteiger partial charge in [-0.2, -0.15) is 0 Å². The molecule has 0 saturated carbocycles. The van der Waals surface area contributed by atoms with Gasteiger partial charge in [0.15, 0.2) is 24.8 Å². The van der Waals surface area contributed by atoms with E-state index in [2.05, 4.69) is 10.6 Å². The van der Waals surface area contributed by atoms with Gasteiger partial charge in [-0.25, -0.2) is 0 Å². The largest absolute Gasteiger partial charge is 0.394 e. The number of likely N-dealkylation sites (N-methyl/N-ethyl adjacent to an activating group) is 1. The molecule has 0 aromatic heterocycles. The Bertz CT molecular complexity index is 1070. The third-order valence-corrected chi connectivity index (χ3v) is 8.35. The van der Waals surface area contributed by atoms with Crippen LogP contribution in [-0.2, 0) is 28.5 Å². The summed E-state index contributed by atoms with van der Waals surface area (Å²) in [7, 11) is 0. The van der Waals surface area contributed by atoms with E-state index in [1.807, 2.05) is 0 Å². The van der Waals surface area contributed by atoms with Crippen molar-refractivity contribution < 1.29 is 107 Å². The highest BCUT2D eigenvalue weighted by molar-refractivity contribution is 5.81. The third-order valence-electron chi connectivity index (χ3n) is 8.35. The smallest absolute Gasteiger partial charge is 0.252 e. The van der Waals surface area contributed by atoms with E-state index in [0.29, 0.717) is 6.42 Å². The number of carbonyl (C=O) groups excluding carboxylic acids is 2. The first-order valence-electron chi connectivity index (χ1n) is 17.5. The standard InChI is InChI=1S/C15H29NO11.C15H29NO10/c1-2-3-16-14(25)12(24)13(8(20)6(19)4-17)27-15-11(23)10(22)9(21)7(5-18)26-15;1-3-6(18)8(19)11(22)13(14(24)16-4-2)26-15-12(23)10(21)9(20)7(5-17)25-15/h6-13,15,17-24H,2-5H2,1H3,(H,16,25);6-13,15,17-23H,3-5H2,1-2H3,(H,16,24)/t2*6-,7-,8-,9-,10+,11+,12+,13+,15-/m11/s1/i;2D. The van der Waals surface area contributed by atoms with E-state index in [9.17, 15) is 81.1 Å². The lowest BCUT2D eigenvalue weighted by Gasteiger charge is -2.42. The molecule has 2 amide bonds. The summed E-state index contributed by atoms with van der Waals surface area (Å²) in [5.74, 6) is -1.90. The van der Waals surface area contributed by atoms with Crippen LogP contribution >= 0.6 is 0 Å². The molecule has 2 rings (SSSR count). The van der Waals surface area contributed by atoms with Crippen LogP contribution in [0.4, 0.5) is 0 Å². The molecule has 18 atom stereocenters. The number of rotatable bonds is 19. The molecule has 0 bridgehead atoms. The summed E-state index contributed by atoms with van der Waals surface area (Å²) in [6.07, 6.45) is -30.6. The van der Waals surface area contributed by atoms with E-state index in [-0.39, 0.29) is 26.4 Å². The fourth-order valence-electron chi connectivity index (χ4n) is 5.00. The fraction of sp³-hybridized carbons (Fsp3) is 0.933. The predicted molar refractivity (Wildman–Crippen MR) is 173 cm³/mol. The van der Waals surface area contributed by atoms with Crippen molar-refractivity contribution in [1.82, 2.24) is 10.6 Å². The molecule has 0 aromatic carbocycles. The zero-order valence-electron chi connectivity index (χ0n) is 30.2. The second kappa shape index (κ2) is 24.0. The van der Waals surface area contributed by atoms with Crippen LogP contribution in [0.1, 0.15) is 35.0 Å². The van der Waals surface area contributed by atoms with Crippen molar-refractivity contribution >= 4 is 11.8 Å². The van der Waals surface area contributed by atoms with Crippen molar-refractivity contribution in [2.24, 2.45) is 0 Å². The summed E-state index contributed by atoms with van der Waals surface area (Å²) in [4.78, 5) is 24.3. The van der Waals surface area contributed by atoms with Crippen molar-refractivity contribution in [3.8, 4) is 0 Å². The number of carbonyl (C=O) groups is 2. The molecule has 0 aromatic rings. The Labute approximate surface area is 306 Å². The zero-order chi connectivity index (χ0) is 41.4. The summed E-state index contributed by atoms with van der Waals surface area (Å²) in [6, 6.07) is 0. The van der Waals surface area contributed by atoms with Gasteiger partial charge in [0.25, 0.3) is 11.8 Å². The van der Waals surface area contributed by atoms with E-state index >= 15 is 0 Å². The predicted octanol–water partition coefficient (Wildman–Crippen LogP) is -9.43. The van der Waals surface area contributed by atoms with Crippen molar-refractivity contribution in [1.29, 1.82) is 0 Å².